The Morgan fingerprint density at radius 3 is 2.82 bits per heavy atom. The van der Waals surface area contributed by atoms with Crippen LogP contribution < -0.4 is 5.32 Å². The molecule has 0 radical (unpaired) electrons. The molecule has 0 bridgehead atoms. The van der Waals surface area contributed by atoms with E-state index >= 15 is 0 Å². The standard InChI is InChI=1S/C18H25F2NO/c1-2-3-5-14-6-4-7-17(14)21-18(22)11-9-13-8-10-15(19)16(20)12-13/h8,10,12,14,17H,2-7,9,11H2,1H3,(H,21,22). The van der Waals surface area contributed by atoms with Crippen molar-refractivity contribution in [3.8, 4) is 0 Å². The number of halogens is 2. The van der Waals surface area contributed by atoms with Crippen molar-refractivity contribution in [3.05, 3.63) is 35.4 Å². The average Bonchev–Trinajstić information content (AvgIpc) is 2.93. The van der Waals surface area contributed by atoms with Gasteiger partial charge in [0, 0.05) is 12.5 Å². The van der Waals surface area contributed by atoms with E-state index in [2.05, 4.69) is 12.2 Å². The van der Waals surface area contributed by atoms with Gasteiger partial charge in [0.2, 0.25) is 5.91 Å². The fourth-order valence-electron chi connectivity index (χ4n) is 3.27. The minimum absolute atomic E-state index is 0.0122. The van der Waals surface area contributed by atoms with Gasteiger partial charge in [0.25, 0.3) is 0 Å². The second-order valence-electron chi connectivity index (χ2n) is 6.26. The van der Waals surface area contributed by atoms with Gasteiger partial charge in [0.1, 0.15) is 0 Å². The second-order valence-corrected chi connectivity index (χ2v) is 6.26. The minimum atomic E-state index is -0.853. The first kappa shape index (κ1) is 16.9. The SMILES string of the molecule is CCCCC1CCCC1NC(=O)CCc1ccc(F)c(F)c1. The number of hydrogen-bond donors (Lipinski definition) is 1. The number of unbranched alkanes of at least 4 members (excludes halogenated alkanes) is 1. The molecule has 0 heterocycles. The van der Waals surface area contributed by atoms with Crippen molar-refractivity contribution < 1.29 is 13.6 Å². The molecular weight excluding hydrogens is 284 g/mol. The Morgan fingerprint density at radius 2 is 2.09 bits per heavy atom. The molecule has 0 saturated heterocycles. The van der Waals surface area contributed by atoms with Crippen molar-refractivity contribution in [2.24, 2.45) is 5.92 Å². The van der Waals surface area contributed by atoms with Crippen LogP contribution in [0.1, 0.15) is 57.4 Å². The largest absolute Gasteiger partial charge is 0.353 e. The lowest BCUT2D eigenvalue weighted by Crippen LogP contribution is -2.37. The summed E-state index contributed by atoms with van der Waals surface area (Å²) in [7, 11) is 0. The summed E-state index contributed by atoms with van der Waals surface area (Å²) in [6.45, 7) is 2.18. The van der Waals surface area contributed by atoms with E-state index in [1.807, 2.05) is 0 Å². The maximum Gasteiger partial charge on any atom is 0.220 e. The Kier molecular flexibility index (Phi) is 6.34. The molecule has 1 amide bonds. The third-order valence-corrected chi connectivity index (χ3v) is 4.56. The van der Waals surface area contributed by atoms with Crippen molar-refractivity contribution in [1.82, 2.24) is 5.32 Å². The number of carbonyl (C=O) groups is 1. The van der Waals surface area contributed by atoms with Crippen LogP contribution >= 0.6 is 0 Å². The highest BCUT2D eigenvalue weighted by Crippen LogP contribution is 2.29. The fourth-order valence-corrected chi connectivity index (χ4v) is 3.27. The zero-order valence-electron chi connectivity index (χ0n) is 13.2. The Balaban J connectivity index is 1.78. The molecule has 1 aliphatic rings. The highest BCUT2D eigenvalue weighted by Gasteiger charge is 2.27. The van der Waals surface area contributed by atoms with Crippen LogP contribution in [0.3, 0.4) is 0 Å². The number of amides is 1. The smallest absolute Gasteiger partial charge is 0.220 e. The van der Waals surface area contributed by atoms with Crippen LogP contribution in [0, 0.1) is 17.6 Å². The van der Waals surface area contributed by atoms with Gasteiger partial charge in [0.15, 0.2) is 11.6 Å². The van der Waals surface area contributed by atoms with Gasteiger partial charge in [-0.05, 0) is 49.3 Å². The highest BCUT2D eigenvalue weighted by atomic mass is 19.2. The molecular formula is C18H25F2NO. The van der Waals surface area contributed by atoms with E-state index in [1.54, 1.807) is 0 Å². The van der Waals surface area contributed by atoms with Gasteiger partial charge >= 0.3 is 0 Å². The molecule has 1 fully saturated rings. The van der Waals surface area contributed by atoms with Gasteiger partial charge in [-0.2, -0.15) is 0 Å². The zero-order chi connectivity index (χ0) is 15.9. The predicted molar refractivity (Wildman–Crippen MR) is 83.5 cm³/mol. The number of rotatable bonds is 7. The van der Waals surface area contributed by atoms with Gasteiger partial charge in [-0.15, -0.1) is 0 Å². The van der Waals surface area contributed by atoms with Crippen LogP contribution in [0.5, 0.6) is 0 Å². The highest BCUT2D eigenvalue weighted by molar-refractivity contribution is 5.76. The maximum atomic E-state index is 13.1. The number of aryl methyl sites for hydroxylation is 1. The van der Waals surface area contributed by atoms with Crippen molar-refractivity contribution in [1.29, 1.82) is 0 Å². The van der Waals surface area contributed by atoms with Crippen LogP contribution in [0.2, 0.25) is 0 Å². The van der Waals surface area contributed by atoms with E-state index in [0.717, 1.165) is 12.5 Å². The fraction of sp³-hybridized carbons (Fsp3) is 0.611. The first-order chi connectivity index (χ1) is 10.6. The summed E-state index contributed by atoms with van der Waals surface area (Å²) in [6.07, 6.45) is 7.79. The van der Waals surface area contributed by atoms with Crippen molar-refractivity contribution >= 4 is 5.91 Å². The summed E-state index contributed by atoms with van der Waals surface area (Å²) in [5.41, 5.74) is 0.656. The topological polar surface area (TPSA) is 29.1 Å². The quantitative estimate of drug-likeness (QED) is 0.796. The van der Waals surface area contributed by atoms with E-state index < -0.39 is 11.6 Å². The Bertz CT molecular complexity index is 504. The molecule has 1 aromatic carbocycles. The summed E-state index contributed by atoms with van der Waals surface area (Å²) in [5.74, 6) is -1.09. The van der Waals surface area contributed by atoms with Gasteiger partial charge in [-0.3, -0.25) is 4.79 Å². The minimum Gasteiger partial charge on any atom is -0.353 e. The third kappa shape index (κ3) is 4.79. The molecule has 122 valence electrons. The van der Waals surface area contributed by atoms with Gasteiger partial charge < -0.3 is 5.32 Å². The van der Waals surface area contributed by atoms with E-state index in [4.69, 9.17) is 0 Å². The first-order valence-corrected chi connectivity index (χ1v) is 8.33. The summed E-state index contributed by atoms with van der Waals surface area (Å²) < 4.78 is 26.0. The van der Waals surface area contributed by atoms with Crippen LogP contribution in [0.15, 0.2) is 18.2 Å². The molecule has 0 aromatic heterocycles. The average molecular weight is 309 g/mol. The Morgan fingerprint density at radius 1 is 1.27 bits per heavy atom. The molecule has 1 saturated carbocycles. The third-order valence-electron chi connectivity index (χ3n) is 4.56. The Labute approximate surface area is 131 Å². The summed E-state index contributed by atoms with van der Waals surface area (Å²) in [4.78, 5) is 12.1. The van der Waals surface area contributed by atoms with E-state index in [1.165, 1.54) is 44.2 Å². The summed E-state index contributed by atoms with van der Waals surface area (Å²) in [6, 6.07) is 4.11. The van der Waals surface area contributed by atoms with Gasteiger partial charge in [-0.1, -0.05) is 32.3 Å². The number of carbonyl (C=O) groups excluding carboxylic acids is 1. The van der Waals surface area contributed by atoms with Crippen LogP contribution in [0.25, 0.3) is 0 Å². The molecule has 0 aliphatic heterocycles. The number of hydrogen-bond acceptors (Lipinski definition) is 1. The maximum absolute atomic E-state index is 13.1. The van der Waals surface area contributed by atoms with Crippen LogP contribution in [0.4, 0.5) is 8.78 Å². The second kappa shape index (κ2) is 8.25. The van der Waals surface area contributed by atoms with E-state index in [-0.39, 0.29) is 5.91 Å². The predicted octanol–water partition coefficient (Wildman–Crippen LogP) is 4.37. The Hall–Kier alpha value is -1.45. The van der Waals surface area contributed by atoms with Crippen LogP contribution in [-0.2, 0) is 11.2 Å². The van der Waals surface area contributed by atoms with E-state index in [9.17, 15) is 13.6 Å². The van der Waals surface area contributed by atoms with Gasteiger partial charge in [-0.25, -0.2) is 8.78 Å². The first-order valence-electron chi connectivity index (χ1n) is 8.33. The van der Waals surface area contributed by atoms with Crippen LogP contribution in [-0.4, -0.2) is 11.9 Å². The lowest BCUT2D eigenvalue weighted by molar-refractivity contribution is -0.122. The van der Waals surface area contributed by atoms with Crippen molar-refractivity contribution in [2.45, 2.75) is 64.3 Å². The molecule has 2 unspecified atom stereocenters. The van der Waals surface area contributed by atoms with Crippen molar-refractivity contribution in [2.75, 3.05) is 0 Å². The monoisotopic (exact) mass is 309 g/mol. The lowest BCUT2D eigenvalue weighted by Gasteiger charge is -2.21. The number of benzene rings is 1. The molecule has 2 atom stereocenters. The number of nitrogens with one attached hydrogen (secondary N) is 1. The zero-order valence-corrected chi connectivity index (χ0v) is 13.2. The van der Waals surface area contributed by atoms with Gasteiger partial charge in [0.05, 0.1) is 0 Å². The summed E-state index contributed by atoms with van der Waals surface area (Å²) in [5, 5.41) is 3.13. The molecule has 4 heteroatoms. The van der Waals surface area contributed by atoms with Crippen molar-refractivity contribution in [3.63, 3.8) is 0 Å². The molecule has 2 rings (SSSR count). The molecule has 0 spiro atoms. The summed E-state index contributed by atoms with van der Waals surface area (Å²) >= 11 is 0. The molecule has 1 N–H and O–H groups in total. The molecule has 1 aliphatic carbocycles. The molecule has 2 nitrogen and oxygen atoms in total. The normalized spacial score (nSPS) is 21.0. The molecule has 22 heavy (non-hydrogen) atoms. The van der Waals surface area contributed by atoms with E-state index in [0.29, 0.717) is 30.4 Å². The lowest BCUT2D eigenvalue weighted by atomic mass is 9.96. The molecule has 1 aromatic rings.